The number of carbonyl (C=O) groups excluding carboxylic acids is 2. The number of aromatic nitrogens is 1. The molecule has 6 heteroatoms. The second-order valence-electron chi connectivity index (χ2n) is 8.19. The molecule has 1 unspecified atom stereocenters. The van der Waals surface area contributed by atoms with Gasteiger partial charge in [0.15, 0.2) is 5.78 Å². The van der Waals surface area contributed by atoms with Crippen LogP contribution in [-0.4, -0.2) is 23.2 Å². The number of fused-ring (bicyclic) bond motifs is 1. The number of amides is 1. The third-order valence-corrected chi connectivity index (χ3v) is 6.95. The largest absolute Gasteiger partial charge is 0.362 e. The monoisotopic (exact) mass is 431 g/mol. The lowest BCUT2D eigenvalue weighted by Gasteiger charge is -2.34. The standard InChI is InChI=1S/C25H25N3O2S/c1-15-22(25(30)26-11-9-16-13-27-19-6-3-2-5-18(16)19)23(17-10-12-31-14-17)24-20(28-15)7-4-8-21(24)29/h2-3,5-6,10,12-14,23,27-28H,4,7-9,11H2,1H3,(H,26,30). The summed E-state index contributed by atoms with van der Waals surface area (Å²) in [6.07, 6.45) is 5.02. The topological polar surface area (TPSA) is 74.0 Å². The number of carbonyl (C=O) groups is 2. The SMILES string of the molecule is CC1=C(C(=O)NCCc2c[nH]c3ccccc23)C(c2ccsc2)C2=C(CCCC2=O)N1. The van der Waals surface area contributed by atoms with Gasteiger partial charge < -0.3 is 15.6 Å². The van der Waals surface area contributed by atoms with Crippen LogP contribution in [0.3, 0.4) is 0 Å². The fourth-order valence-corrected chi connectivity index (χ4v) is 5.49. The molecule has 2 aliphatic rings. The summed E-state index contributed by atoms with van der Waals surface area (Å²) < 4.78 is 0. The Balaban J connectivity index is 1.38. The Kier molecular flexibility index (Phi) is 5.24. The van der Waals surface area contributed by atoms with Crippen LogP contribution in [0.2, 0.25) is 0 Å². The maximum atomic E-state index is 13.3. The molecule has 2 aromatic heterocycles. The van der Waals surface area contributed by atoms with Crippen molar-refractivity contribution >= 4 is 33.9 Å². The van der Waals surface area contributed by atoms with Gasteiger partial charge in [-0.15, -0.1) is 0 Å². The molecule has 1 aliphatic carbocycles. The zero-order valence-electron chi connectivity index (χ0n) is 17.5. The number of para-hydroxylation sites is 1. The van der Waals surface area contributed by atoms with Gasteiger partial charge in [-0.2, -0.15) is 11.3 Å². The number of benzene rings is 1. The van der Waals surface area contributed by atoms with Crippen LogP contribution in [0.25, 0.3) is 10.9 Å². The molecular formula is C25H25N3O2S. The fourth-order valence-electron chi connectivity index (χ4n) is 4.80. The third-order valence-electron chi connectivity index (χ3n) is 6.25. The van der Waals surface area contributed by atoms with Gasteiger partial charge in [0.2, 0.25) is 5.91 Å². The predicted molar refractivity (Wildman–Crippen MR) is 124 cm³/mol. The number of H-pyrrole nitrogens is 1. The van der Waals surface area contributed by atoms with Crippen LogP contribution in [-0.2, 0) is 16.0 Å². The minimum absolute atomic E-state index is 0.106. The summed E-state index contributed by atoms with van der Waals surface area (Å²) in [5.41, 5.74) is 6.57. The summed E-state index contributed by atoms with van der Waals surface area (Å²) in [4.78, 5) is 29.5. The molecule has 0 saturated carbocycles. The number of thiophene rings is 1. The molecule has 1 aromatic carbocycles. The van der Waals surface area contributed by atoms with Gasteiger partial charge in [-0.25, -0.2) is 0 Å². The number of Topliss-reactive ketones (excluding diaryl/α,β-unsaturated/α-hetero) is 1. The summed E-state index contributed by atoms with van der Waals surface area (Å²) in [6, 6.07) is 10.2. The molecule has 3 N–H and O–H groups in total. The summed E-state index contributed by atoms with van der Waals surface area (Å²) in [5, 5.41) is 11.7. The van der Waals surface area contributed by atoms with E-state index in [-0.39, 0.29) is 17.6 Å². The van der Waals surface area contributed by atoms with Crippen LogP contribution < -0.4 is 10.6 Å². The smallest absolute Gasteiger partial charge is 0.249 e. The summed E-state index contributed by atoms with van der Waals surface area (Å²) in [5.74, 6) is -0.240. The maximum Gasteiger partial charge on any atom is 0.249 e. The van der Waals surface area contributed by atoms with Crippen molar-refractivity contribution in [3.63, 3.8) is 0 Å². The van der Waals surface area contributed by atoms with Crippen molar-refractivity contribution in [1.82, 2.24) is 15.6 Å². The van der Waals surface area contributed by atoms with Crippen molar-refractivity contribution < 1.29 is 9.59 Å². The van der Waals surface area contributed by atoms with Gasteiger partial charge in [-0.3, -0.25) is 9.59 Å². The van der Waals surface area contributed by atoms with Crippen LogP contribution in [0.15, 0.2) is 69.8 Å². The summed E-state index contributed by atoms with van der Waals surface area (Å²) in [7, 11) is 0. The van der Waals surface area contributed by atoms with E-state index in [1.165, 1.54) is 10.9 Å². The van der Waals surface area contributed by atoms with Gasteiger partial charge in [0.25, 0.3) is 0 Å². The Bertz CT molecular complexity index is 1220. The first-order valence-electron chi connectivity index (χ1n) is 10.7. The van der Waals surface area contributed by atoms with Crippen molar-refractivity contribution in [1.29, 1.82) is 0 Å². The lowest BCUT2D eigenvalue weighted by Crippen LogP contribution is -2.38. The van der Waals surface area contributed by atoms with Crippen molar-refractivity contribution in [2.75, 3.05) is 6.54 Å². The van der Waals surface area contributed by atoms with E-state index in [4.69, 9.17) is 0 Å². The molecule has 0 fully saturated rings. The minimum Gasteiger partial charge on any atom is -0.362 e. The molecule has 158 valence electrons. The molecule has 0 radical (unpaired) electrons. The van der Waals surface area contributed by atoms with Crippen molar-refractivity contribution in [3.8, 4) is 0 Å². The molecule has 0 saturated heterocycles. The second kappa shape index (κ2) is 8.19. The maximum absolute atomic E-state index is 13.3. The van der Waals surface area contributed by atoms with Crippen molar-refractivity contribution in [2.45, 2.75) is 38.5 Å². The Morgan fingerprint density at radius 1 is 1.23 bits per heavy atom. The Hall–Kier alpha value is -3.12. The van der Waals surface area contributed by atoms with Gasteiger partial charge in [0, 0.05) is 58.5 Å². The van der Waals surface area contributed by atoms with Crippen LogP contribution in [0.4, 0.5) is 0 Å². The number of dihydropyridines is 1. The third kappa shape index (κ3) is 3.61. The van der Waals surface area contributed by atoms with Crippen LogP contribution >= 0.6 is 11.3 Å². The number of allylic oxidation sites excluding steroid dienone is 3. The molecule has 1 amide bonds. The average Bonchev–Trinajstić information content (AvgIpc) is 3.43. The molecule has 31 heavy (non-hydrogen) atoms. The van der Waals surface area contributed by atoms with Gasteiger partial charge in [0.05, 0.1) is 0 Å². The quantitative estimate of drug-likeness (QED) is 0.555. The van der Waals surface area contributed by atoms with Crippen LogP contribution in [0.1, 0.15) is 43.2 Å². The van der Waals surface area contributed by atoms with E-state index in [0.29, 0.717) is 18.5 Å². The number of hydrogen-bond donors (Lipinski definition) is 3. The van der Waals surface area contributed by atoms with E-state index in [1.54, 1.807) is 11.3 Å². The molecule has 1 atom stereocenters. The summed E-state index contributed by atoms with van der Waals surface area (Å²) in [6.45, 7) is 2.48. The Morgan fingerprint density at radius 2 is 2.10 bits per heavy atom. The van der Waals surface area contributed by atoms with E-state index in [2.05, 4.69) is 33.1 Å². The molecular weight excluding hydrogens is 406 g/mol. The molecule has 0 spiro atoms. The lowest BCUT2D eigenvalue weighted by molar-refractivity contribution is -0.117. The zero-order chi connectivity index (χ0) is 21.4. The van der Waals surface area contributed by atoms with E-state index in [0.717, 1.165) is 47.3 Å². The molecule has 1 aliphatic heterocycles. The van der Waals surface area contributed by atoms with E-state index in [9.17, 15) is 9.59 Å². The van der Waals surface area contributed by atoms with Gasteiger partial charge >= 0.3 is 0 Å². The Morgan fingerprint density at radius 3 is 2.94 bits per heavy atom. The lowest BCUT2D eigenvalue weighted by atomic mass is 9.75. The van der Waals surface area contributed by atoms with Crippen molar-refractivity contribution in [3.05, 3.63) is 81.0 Å². The van der Waals surface area contributed by atoms with E-state index >= 15 is 0 Å². The highest BCUT2D eigenvalue weighted by Crippen LogP contribution is 2.42. The zero-order valence-corrected chi connectivity index (χ0v) is 18.3. The highest BCUT2D eigenvalue weighted by Gasteiger charge is 2.38. The number of rotatable bonds is 5. The predicted octanol–water partition coefficient (Wildman–Crippen LogP) is 4.56. The van der Waals surface area contributed by atoms with E-state index in [1.807, 2.05) is 36.7 Å². The highest BCUT2D eigenvalue weighted by atomic mass is 32.1. The highest BCUT2D eigenvalue weighted by molar-refractivity contribution is 7.08. The van der Waals surface area contributed by atoms with Crippen LogP contribution in [0, 0.1) is 0 Å². The van der Waals surface area contributed by atoms with Crippen molar-refractivity contribution in [2.24, 2.45) is 0 Å². The molecule has 5 nitrogen and oxygen atoms in total. The average molecular weight is 432 g/mol. The van der Waals surface area contributed by atoms with Gasteiger partial charge in [-0.05, 0) is 60.2 Å². The number of nitrogens with one attached hydrogen (secondary N) is 3. The first kappa shape index (κ1) is 19.8. The molecule has 3 heterocycles. The fraction of sp³-hybridized carbons (Fsp3) is 0.280. The molecule has 3 aromatic rings. The molecule has 0 bridgehead atoms. The summed E-state index contributed by atoms with van der Waals surface area (Å²) >= 11 is 1.59. The first-order chi connectivity index (χ1) is 15.1. The Labute approximate surface area is 185 Å². The van der Waals surface area contributed by atoms with Gasteiger partial charge in [0.1, 0.15) is 0 Å². The first-order valence-corrected chi connectivity index (χ1v) is 11.7. The number of ketones is 1. The molecule has 5 rings (SSSR count). The van der Waals surface area contributed by atoms with Crippen LogP contribution in [0.5, 0.6) is 0 Å². The van der Waals surface area contributed by atoms with E-state index < -0.39 is 0 Å². The number of aromatic amines is 1. The van der Waals surface area contributed by atoms with Gasteiger partial charge in [-0.1, -0.05) is 18.2 Å². The normalized spacial score (nSPS) is 18.9. The minimum atomic E-state index is -0.289. The number of hydrogen-bond acceptors (Lipinski definition) is 4. The second-order valence-corrected chi connectivity index (χ2v) is 8.97.